The first-order valence-corrected chi connectivity index (χ1v) is 8.04. The third-order valence-electron chi connectivity index (χ3n) is 4.43. The zero-order chi connectivity index (χ0) is 15.2. The van der Waals surface area contributed by atoms with Gasteiger partial charge in [-0.1, -0.05) is 6.92 Å². The predicted octanol–water partition coefficient (Wildman–Crippen LogP) is 1.22. The van der Waals surface area contributed by atoms with Crippen molar-refractivity contribution < 1.29 is 14.7 Å². The van der Waals surface area contributed by atoms with E-state index < -0.39 is 11.9 Å². The normalized spacial score (nSPS) is 24.8. The molecule has 0 aromatic carbocycles. The lowest BCUT2D eigenvalue weighted by Crippen LogP contribution is -2.48. The van der Waals surface area contributed by atoms with Gasteiger partial charge in [0.15, 0.2) is 0 Å². The molecule has 0 bridgehead atoms. The van der Waals surface area contributed by atoms with Crippen molar-refractivity contribution in [2.45, 2.75) is 32.6 Å². The second kappa shape index (κ2) is 7.64. The van der Waals surface area contributed by atoms with E-state index in [2.05, 4.69) is 17.1 Å². The topological polar surface area (TPSA) is 72.9 Å². The van der Waals surface area contributed by atoms with E-state index in [1.54, 1.807) is 4.90 Å². The molecule has 0 spiro atoms. The number of rotatable bonds is 5. The number of nitrogens with zero attached hydrogens (tertiary/aromatic N) is 2. The first kappa shape index (κ1) is 16.1. The lowest BCUT2D eigenvalue weighted by molar-refractivity contribution is -0.143. The van der Waals surface area contributed by atoms with Gasteiger partial charge >= 0.3 is 12.0 Å². The van der Waals surface area contributed by atoms with Crippen molar-refractivity contribution in [3.05, 3.63) is 0 Å². The van der Waals surface area contributed by atoms with Crippen LogP contribution in [0.5, 0.6) is 0 Å². The summed E-state index contributed by atoms with van der Waals surface area (Å²) in [4.78, 5) is 27.2. The van der Waals surface area contributed by atoms with Gasteiger partial charge in [0, 0.05) is 26.2 Å². The number of hydrogen-bond donors (Lipinski definition) is 2. The number of piperidine rings is 1. The van der Waals surface area contributed by atoms with E-state index in [1.165, 1.54) is 25.9 Å². The molecule has 2 amide bonds. The Bertz CT molecular complexity index is 369. The van der Waals surface area contributed by atoms with Crippen molar-refractivity contribution in [1.29, 1.82) is 0 Å². The molecule has 21 heavy (non-hydrogen) atoms. The monoisotopic (exact) mass is 297 g/mol. The molecule has 0 aromatic heterocycles. The van der Waals surface area contributed by atoms with E-state index in [-0.39, 0.29) is 6.03 Å². The Labute approximate surface area is 126 Å². The number of amides is 2. The average molecular weight is 297 g/mol. The number of carboxylic acids is 1. The molecule has 0 radical (unpaired) electrons. The van der Waals surface area contributed by atoms with Crippen molar-refractivity contribution in [3.63, 3.8) is 0 Å². The predicted molar refractivity (Wildman–Crippen MR) is 80.2 cm³/mol. The summed E-state index contributed by atoms with van der Waals surface area (Å²) in [6.45, 7) is 7.17. The van der Waals surface area contributed by atoms with Crippen molar-refractivity contribution in [1.82, 2.24) is 15.1 Å². The average Bonchev–Trinajstić information content (AvgIpc) is 2.97. The highest BCUT2D eigenvalue weighted by molar-refractivity contribution is 5.76. The number of urea groups is 1. The third kappa shape index (κ3) is 4.88. The van der Waals surface area contributed by atoms with Crippen LogP contribution in [-0.4, -0.2) is 66.2 Å². The fourth-order valence-electron chi connectivity index (χ4n) is 3.21. The molecule has 2 saturated heterocycles. The van der Waals surface area contributed by atoms with E-state index in [1.807, 2.05) is 0 Å². The fourth-order valence-corrected chi connectivity index (χ4v) is 3.21. The zero-order valence-electron chi connectivity index (χ0n) is 12.9. The first-order valence-electron chi connectivity index (χ1n) is 8.04. The summed E-state index contributed by atoms with van der Waals surface area (Å²) in [5.41, 5.74) is 0. The lowest BCUT2D eigenvalue weighted by Gasteiger charge is -2.31. The standard InChI is InChI=1S/C15H27N3O3/c1-12(10-17-6-2-3-7-17)9-16-15(21)18-8-4-5-13(11-18)14(19)20/h12-13H,2-11H2,1H3,(H,16,21)(H,19,20)/t12?,13-/m1/s1. The van der Waals surface area contributed by atoms with Crippen LogP contribution in [0.15, 0.2) is 0 Å². The van der Waals surface area contributed by atoms with Crippen LogP contribution >= 0.6 is 0 Å². The van der Waals surface area contributed by atoms with Gasteiger partial charge in [0.25, 0.3) is 0 Å². The van der Waals surface area contributed by atoms with Gasteiger partial charge in [0.05, 0.1) is 5.92 Å². The first-order chi connectivity index (χ1) is 10.1. The van der Waals surface area contributed by atoms with Gasteiger partial charge in [-0.15, -0.1) is 0 Å². The number of carbonyl (C=O) groups is 2. The van der Waals surface area contributed by atoms with Crippen molar-refractivity contribution in [3.8, 4) is 0 Å². The van der Waals surface area contributed by atoms with Gasteiger partial charge in [0.2, 0.25) is 0 Å². The van der Waals surface area contributed by atoms with Crippen LogP contribution in [0.3, 0.4) is 0 Å². The SMILES string of the molecule is CC(CNC(=O)N1CCC[C@@H](C(=O)O)C1)CN1CCCC1. The second-order valence-corrected chi connectivity index (χ2v) is 6.42. The maximum atomic E-state index is 12.1. The molecule has 2 fully saturated rings. The minimum Gasteiger partial charge on any atom is -0.481 e. The molecule has 2 aliphatic rings. The van der Waals surface area contributed by atoms with Gasteiger partial charge in [-0.05, 0) is 44.7 Å². The molecule has 2 aliphatic heterocycles. The molecule has 0 aromatic rings. The largest absolute Gasteiger partial charge is 0.481 e. The maximum absolute atomic E-state index is 12.1. The summed E-state index contributed by atoms with van der Waals surface area (Å²) in [6, 6.07) is -0.116. The van der Waals surface area contributed by atoms with Crippen LogP contribution in [0.2, 0.25) is 0 Å². The quantitative estimate of drug-likeness (QED) is 0.800. The second-order valence-electron chi connectivity index (χ2n) is 6.42. The summed E-state index contributed by atoms with van der Waals surface area (Å²) in [5, 5.41) is 12.0. The van der Waals surface area contributed by atoms with Gasteiger partial charge in [0.1, 0.15) is 0 Å². The molecular formula is C15H27N3O3. The molecule has 6 heteroatoms. The Morgan fingerprint density at radius 1 is 1.24 bits per heavy atom. The van der Waals surface area contributed by atoms with Gasteiger partial charge in [-0.2, -0.15) is 0 Å². The van der Waals surface area contributed by atoms with Crippen LogP contribution in [0.1, 0.15) is 32.6 Å². The van der Waals surface area contributed by atoms with Crippen molar-refractivity contribution in [2.24, 2.45) is 11.8 Å². The van der Waals surface area contributed by atoms with E-state index in [4.69, 9.17) is 5.11 Å². The smallest absolute Gasteiger partial charge is 0.317 e. The molecule has 120 valence electrons. The van der Waals surface area contributed by atoms with Crippen LogP contribution in [0, 0.1) is 11.8 Å². The molecule has 0 aliphatic carbocycles. The van der Waals surface area contributed by atoms with E-state index in [9.17, 15) is 9.59 Å². The highest BCUT2D eigenvalue weighted by atomic mass is 16.4. The van der Waals surface area contributed by atoms with E-state index in [0.717, 1.165) is 13.0 Å². The van der Waals surface area contributed by atoms with Crippen LogP contribution in [-0.2, 0) is 4.79 Å². The van der Waals surface area contributed by atoms with Crippen LogP contribution in [0.4, 0.5) is 4.79 Å². The maximum Gasteiger partial charge on any atom is 0.317 e. The van der Waals surface area contributed by atoms with Crippen molar-refractivity contribution >= 4 is 12.0 Å². The number of carbonyl (C=O) groups excluding carboxylic acids is 1. The van der Waals surface area contributed by atoms with E-state index in [0.29, 0.717) is 32.0 Å². The summed E-state index contributed by atoms with van der Waals surface area (Å²) >= 11 is 0. The minimum absolute atomic E-state index is 0.116. The highest BCUT2D eigenvalue weighted by Gasteiger charge is 2.28. The zero-order valence-corrected chi connectivity index (χ0v) is 12.9. The minimum atomic E-state index is -0.796. The Kier molecular flexibility index (Phi) is 5.85. The Balaban J connectivity index is 1.69. The molecule has 0 saturated carbocycles. The Morgan fingerprint density at radius 3 is 2.62 bits per heavy atom. The summed E-state index contributed by atoms with van der Waals surface area (Å²) < 4.78 is 0. The molecular weight excluding hydrogens is 270 g/mol. The van der Waals surface area contributed by atoms with Gasteiger partial charge in [-0.25, -0.2) is 4.79 Å². The number of aliphatic carboxylic acids is 1. The summed E-state index contributed by atoms with van der Waals surface area (Å²) in [7, 11) is 0. The fraction of sp³-hybridized carbons (Fsp3) is 0.867. The molecule has 2 atom stereocenters. The van der Waals surface area contributed by atoms with Crippen LogP contribution < -0.4 is 5.32 Å². The van der Waals surface area contributed by atoms with Gasteiger partial charge < -0.3 is 20.2 Å². The van der Waals surface area contributed by atoms with Gasteiger partial charge in [-0.3, -0.25) is 4.79 Å². The Morgan fingerprint density at radius 2 is 1.95 bits per heavy atom. The molecule has 2 heterocycles. The third-order valence-corrected chi connectivity index (χ3v) is 4.43. The molecule has 6 nitrogen and oxygen atoms in total. The molecule has 2 N–H and O–H groups in total. The summed E-state index contributed by atoms with van der Waals surface area (Å²) in [5.74, 6) is -0.784. The summed E-state index contributed by atoms with van der Waals surface area (Å²) in [6.07, 6.45) is 4.01. The van der Waals surface area contributed by atoms with Crippen LogP contribution in [0.25, 0.3) is 0 Å². The number of likely N-dealkylation sites (tertiary alicyclic amines) is 2. The number of nitrogens with one attached hydrogen (secondary N) is 1. The molecule has 2 rings (SSSR count). The lowest BCUT2D eigenvalue weighted by atomic mass is 9.99. The molecule has 1 unspecified atom stereocenters. The Hall–Kier alpha value is -1.30. The highest BCUT2D eigenvalue weighted by Crippen LogP contribution is 2.16. The number of hydrogen-bond acceptors (Lipinski definition) is 3. The van der Waals surface area contributed by atoms with Crippen molar-refractivity contribution in [2.75, 3.05) is 39.3 Å². The number of carboxylic acid groups (broad SMARTS) is 1. The van der Waals surface area contributed by atoms with E-state index >= 15 is 0 Å².